The third-order valence-electron chi connectivity index (χ3n) is 7.32. The molecule has 36 heavy (non-hydrogen) atoms. The molecule has 3 aliphatic rings. The second-order valence-electron chi connectivity index (χ2n) is 9.90. The van der Waals surface area contributed by atoms with Gasteiger partial charge in [0.1, 0.15) is 18.2 Å². The van der Waals surface area contributed by atoms with Crippen molar-refractivity contribution >= 4 is 11.9 Å². The monoisotopic (exact) mass is 493 g/mol. The molecule has 1 atom stereocenters. The maximum absolute atomic E-state index is 13.3. The summed E-state index contributed by atoms with van der Waals surface area (Å²) in [7, 11) is 0. The number of halogens is 1. The number of likely N-dealkylation sites (tertiary alicyclic amines) is 1. The SMILES string of the molecule is Cc1noc(NC(=O)N2CCC3(CC2)CC(C=C2C=CC(OCc4cccc(F)c4)=CC2)CO3)c1C. The Labute approximate surface area is 210 Å². The van der Waals surface area contributed by atoms with Gasteiger partial charge in [-0.3, -0.25) is 5.32 Å². The minimum atomic E-state index is -0.253. The quantitative estimate of drug-likeness (QED) is 0.568. The highest BCUT2D eigenvalue weighted by Crippen LogP contribution is 2.40. The van der Waals surface area contributed by atoms with Crippen molar-refractivity contribution in [2.45, 2.75) is 51.7 Å². The van der Waals surface area contributed by atoms with E-state index in [0.717, 1.165) is 48.3 Å². The van der Waals surface area contributed by atoms with Gasteiger partial charge in [0.05, 0.1) is 17.9 Å². The van der Waals surface area contributed by atoms with Crippen molar-refractivity contribution in [3.8, 4) is 0 Å². The van der Waals surface area contributed by atoms with Gasteiger partial charge in [0.25, 0.3) is 0 Å². The third kappa shape index (κ3) is 5.54. The lowest BCUT2D eigenvalue weighted by molar-refractivity contribution is -0.0356. The van der Waals surface area contributed by atoms with Crippen LogP contribution in [-0.2, 0) is 16.1 Å². The van der Waals surface area contributed by atoms with E-state index in [1.165, 1.54) is 17.7 Å². The molecule has 7 nitrogen and oxygen atoms in total. The van der Waals surface area contributed by atoms with Crippen LogP contribution in [-0.4, -0.2) is 41.4 Å². The molecular formula is C28H32FN3O4. The van der Waals surface area contributed by atoms with Gasteiger partial charge in [-0.2, -0.15) is 0 Å². The van der Waals surface area contributed by atoms with Crippen molar-refractivity contribution in [3.63, 3.8) is 0 Å². The number of nitrogens with zero attached hydrogens (tertiary/aromatic N) is 2. The van der Waals surface area contributed by atoms with E-state index in [9.17, 15) is 9.18 Å². The van der Waals surface area contributed by atoms with Crippen LogP contribution in [0.15, 0.2) is 64.4 Å². The van der Waals surface area contributed by atoms with Crippen molar-refractivity contribution < 1.29 is 23.2 Å². The first-order valence-electron chi connectivity index (χ1n) is 12.5. The Bertz CT molecular complexity index is 1210. The van der Waals surface area contributed by atoms with E-state index in [2.05, 4.69) is 28.7 Å². The van der Waals surface area contributed by atoms with Crippen molar-refractivity contribution in [1.29, 1.82) is 0 Å². The average Bonchev–Trinajstić information content (AvgIpc) is 3.41. The van der Waals surface area contributed by atoms with Crippen molar-refractivity contribution in [1.82, 2.24) is 10.1 Å². The molecule has 2 aliphatic heterocycles. The van der Waals surface area contributed by atoms with Gasteiger partial charge in [0.2, 0.25) is 5.88 Å². The molecule has 1 aliphatic carbocycles. The number of anilines is 1. The topological polar surface area (TPSA) is 76.8 Å². The Morgan fingerprint density at radius 2 is 2.14 bits per heavy atom. The molecule has 2 fully saturated rings. The molecule has 8 heteroatoms. The first-order chi connectivity index (χ1) is 17.4. The fraction of sp³-hybridized carbons (Fsp3) is 0.429. The highest BCUT2D eigenvalue weighted by atomic mass is 19.1. The predicted molar refractivity (Wildman–Crippen MR) is 134 cm³/mol. The molecule has 190 valence electrons. The smallest absolute Gasteiger partial charge is 0.324 e. The summed E-state index contributed by atoms with van der Waals surface area (Å²) < 4.78 is 30.7. The van der Waals surface area contributed by atoms with Crippen LogP contribution in [0, 0.1) is 25.6 Å². The number of nitrogens with one attached hydrogen (secondary N) is 1. The third-order valence-corrected chi connectivity index (χ3v) is 7.32. The van der Waals surface area contributed by atoms with Crippen LogP contribution in [0.2, 0.25) is 0 Å². The highest BCUT2D eigenvalue weighted by molar-refractivity contribution is 5.88. The lowest BCUT2D eigenvalue weighted by atomic mass is 9.84. The average molecular weight is 494 g/mol. The number of amides is 2. The Balaban J connectivity index is 1.08. The molecule has 1 unspecified atom stereocenters. The molecule has 1 aromatic carbocycles. The summed E-state index contributed by atoms with van der Waals surface area (Å²) in [6.45, 7) is 6.08. The van der Waals surface area contributed by atoms with Crippen molar-refractivity contribution in [3.05, 3.63) is 82.5 Å². The molecule has 1 N–H and O–H groups in total. The normalized spacial score (nSPS) is 22.2. The molecule has 3 heterocycles. The highest BCUT2D eigenvalue weighted by Gasteiger charge is 2.43. The van der Waals surface area contributed by atoms with Crippen LogP contribution in [0.5, 0.6) is 0 Å². The zero-order chi connectivity index (χ0) is 25.1. The molecule has 1 aromatic heterocycles. The van der Waals surface area contributed by atoms with E-state index in [-0.39, 0.29) is 17.4 Å². The van der Waals surface area contributed by atoms with Crippen LogP contribution < -0.4 is 5.32 Å². The number of benzene rings is 1. The van der Waals surface area contributed by atoms with E-state index in [1.54, 1.807) is 6.07 Å². The predicted octanol–water partition coefficient (Wildman–Crippen LogP) is 5.82. The van der Waals surface area contributed by atoms with Crippen molar-refractivity contribution in [2.24, 2.45) is 5.92 Å². The van der Waals surface area contributed by atoms with Gasteiger partial charge in [-0.05, 0) is 75.0 Å². The Kier molecular flexibility index (Phi) is 6.96. The van der Waals surface area contributed by atoms with Gasteiger partial charge in [-0.15, -0.1) is 0 Å². The molecule has 5 rings (SSSR count). The molecule has 2 aromatic rings. The number of piperidine rings is 1. The number of ether oxygens (including phenoxy) is 2. The fourth-order valence-electron chi connectivity index (χ4n) is 5.03. The van der Waals surface area contributed by atoms with Crippen LogP contribution >= 0.6 is 0 Å². The van der Waals surface area contributed by atoms with E-state index in [0.29, 0.717) is 38.1 Å². The fourth-order valence-corrected chi connectivity index (χ4v) is 5.03. The zero-order valence-corrected chi connectivity index (χ0v) is 20.8. The molecule has 2 saturated heterocycles. The van der Waals surface area contributed by atoms with E-state index < -0.39 is 0 Å². The number of rotatable bonds is 5. The maximum Gasteiger partial charge on any atom is 0.324 e. The number of carbonyl (C=O) groups excluding carboxylic acids is 1. The molecule has 0 saturated carbocycles. The summed E-state index contributed by atoms with van der Waals surface area (Å²) >= 11 is 0. The Morgan fingerprint density at radius 3 is 2.83 bits per heavy atom. The lowest BCUT2D eigenvalue weighted by Crippen LogP contribution is -2.47. The van der Waals surface area contributed by atoms with E-state index in [1.807, 2.05) is 30.9 Å². The second kappa shape index (κ2) is 10.3. The van der Waals surface area contributed by atoms with Crippen molar-refractivity contribution in [2.75, 3.05) is 25.0 Å². The second-order valence-corrected chi connectivity index (χ2v) is 9.90. The first kappa shape index (κ1) is 24.3. The molecule has 1 spiro atoms. The standard InChI is InChI=1S/C28H32FN3O4/c1-19-20(2)31-36-26(19)30-27(33)32-12-10-28(11-13-32)16-23(18-35-28)14-21-6-8-25(9-7-21)34-17-22-4-3-5-24(29)15-22/h3-6,8-9,14-15,23H,7,10-13,16-18H2,1-2H3,(H,30,33). The largest absolute Gasteiger partial charge is 0.489 e. The van der Waals surface area contributed by atoms with Gasteiger partial charge < -0.3 is 18.9 Å². The van der Waals surface area contributed by atoms with Gasteiger partial charge in [-0.25, -0.2) is 9.18 Å². The summed E-state index contributed by atoms with van der Waals surface area (Å²) in [4.78, 5) is 14.5. The van der Waals surface area contributed by atoms with Crippen LogP contribution in [0.25, 0.3) is 0 Å². The van der Waals surface area contributed by atoms with Gasteiger partial charge in [-0.1, -0.05) is 29.4 Å². The van der Waals surface area contributed by atoms with Crippen LogP contribution in [0.4, 0.5) is 15.1 Å². The van der Waals surface area contributed by atoms with E-state index >= 15 is 0 Å². The maximum atomic E-state index is 13.3. The van der Waals surface area contributed by atoms with Gasteiger partial charge in [0.15, 0.2) is 0 Å². The number of aromatic nitrogens is 1. The van der Waals surface area contributed by atoms with Crippen LogP contribution in [0.1, 0.15) is 42.5 Å². The Morgan fingerprint density at radius 1 is 1.31 bits per heavy atom. The molecule has 0 radical (unpaired) electrons. The number of allylic oxidation sites excluding steroid dienone is 4. The summed E-state index contributed by atoms with van der Waals surface area (Å²) in [5.74, 6) is 1.32. The molecular weight excluding hydrogens is 461 g/mol. The minimum absolute atomic E-state index is 0.157. The first-order valence-corrected chi connectivity index (χ1v) is 12.5. The number of carbonyl (C=O) groups is 1. The number of hydrogen-bond acceptors (Lipinski definition) is 5. The number of aryl methyl sites for hydroxylation is 1. The van der Waals surface area contributed by atoms with E-state index in [4.69, 9.17) is 14.0 Å². The number of hydrogen-bond donors (Lipinski definition) is 1. The zero-order valence-electron chi connectivity index (χ0n) is 20.8. The Hall–Kier alpha value is -3.39. The minimum Gasteiger partial charge on any atom is -0.489 e. The van der Waals surface area contributed by atoms with Gasteiger partial charge >= 0.3 is 6.03 Å². The van der Waals surface area contributed by atoms with Crippen LogP contribution in [0.3, 0.4) is 0 Å². The number of urea groups is 1. The summed E-state index contributed by atoms with van der Waals surface area (Å²) in [5.41, 5.74) is 3.52. The molecule has 0 bridgehead atoms. The summed E-state index contributed by atoms with van der Waals surface area (Å²) in [6.07, 6.45) is 11.8. The van der Waals surface area contributed by atoms with Gasteiger partial charge in [0, 0.05) is 24.6 Å². The summed E-state index contributed by atoms with van der Waals surface area (Å²) in [5, 5.41) is 6.73. The lowest BCUT2D eigenvalue weighted by Gasteiger charge is -2.38. The molecule has 2 amide bonds. The summed E-state index contributed by atoms with van der Waals surface area (Å²) in [6, 6.07) is 6.31.